The van der Waals surface area contributed by atoms with E-state index >= 15 is 0 Å². The summed E-state index contributed by atoms with van der Waals surface area (Å²) >= 11 is 0. The van der Waals surface area contributed by atoms with Crippen LogP contribution in [0.2, 0.25) is 0 Å². The molecular formula is C11H19NO2. The first kappa shape index (κ1) is 13.1. The van der Waals surface area contributed by atoms with Crippen LogP contribution in [0.1, 0.15) is 0 Å². The van der Waals surface area contributed by atoms with Gasteiger partial charge in [-0.2, -0.15) is 0 Å². The minimum atomic E-state index is -0.00945. The molecule has 14 heavy (non-hydrogen) atoms. The summed E-state index contributed by atoms with van der Waals surface area (Å²) in [6.07, 6.45) is 5.28. The highest BCUT2D eigenvalue weighted by atomic mass is 16.5. The smallest absolute Gasteiger partial charge is 0.0717 e. The van der Waals surface area contributed by atoms with Crippen LogP contribution in [0.4, 0.5) is 0 Å². The van der Waals surface area contributed by atoms with E-state index in [9.17, 15) is 0 Å². The number of hydrogen-bond acceptors (Lipinski definition) is 3. The molecule has 0 saturated carbocycles. The van der Waals surface area contributed by atoms with E-state index in [0.717, 1.165) is 5.57 Å². The summed E-state index contributed by atoms with van der Waals surface area (Å²) in [6.45, 7) is 8.30. The van der Waals surface area contributed by atoms with Crippen LogP contribution >= 0.6 is 0 Å². The van der Waals surface area contributed by atoms with Gasteiger partial charge in [0.2, 0.25) is 0 Å². The molecule has 0 fully saturated rings. The van der Waals surface area contributed by atoms with Gasteiger partial charge in [0.15, 0.2) is 0 Å². The Morgan fingerprint density at radius 1 is 1.57 bits per heavy atom. The number of aliphatic hydroxyl groups is 1. The number of rotatable bonds is 8. The molecule has 0 bridgehead atoms. The summed E-state index contributed by atoms with van der Waals surface area (Å²) in [5.74, 6) is 0. The van der Waals surface area contributed by atoms with Crippen molar-refractivity contribution >= 4 is 0 Å². The van der Waals surface area contributed by atoms with Crippen LogP contribution in [-0.2, 0) is 4.74 Å². The van der Waals surface area contributed by atoms with Gasteiger partial charge in [0, 0.05) is 0 Å². The van der Waals surface area contributed by atoms with Crippen molar-refractivity contribution in [2.45, 2.75) is 6.04 Å². The van der Waals surface area contributed by atoms with Gasteiger partial charge in [-0.3, -0.25) is 0 Å². The summed E-state index contributed by atoms with van der Waals surface area (Å²) in [5, 5.41) is 11.8. The van der Waals surface area contributed by atoms with Crippen LogP contribution in [0.25, 0.3) is 0 Å². The molecule has 0 saturated heterocycles. The fourth-order valence-corrected chi connectivity index (χ4v) is 0.873. The molecule has 0 aliphatic heterocycles. The first-order chi connectivity index (χ1) is 6.78. The van der Waals surface area contributed by atoms with Gasteiger partial charge in [0.25, 0.3) is 0 Å². The molecule has 80 valence electrons. The standard InChI is InChI=1S/C11H19NO2/c1-4-6-10(5-2)8-14-9-11(7-13)12-3/h4-6,11-13H,1-2,7-9H2,3H3/b10-6+. The number of aliphatic hydroxyl groups excluding tert-OH is 1. The quantitative estimate of drug-likeness (QED) is 0.568. The van der Waals surface area contributed by atoms with Gasteiger partial charge in [0.05, 0.1) is 25.9 Å². The fourth-order valence-electron chi connectivity index (χ4n) is 0.873. The Balaban J connectivity index is 3.75. The molecule has 2 N–H and O–H groups in total. The first-order valence-corrected chi connectivity index (χ1v) is 4.58. The van der Waals surface area contributed by atoms with Crippen LogP contribution in [0.3, 0.4) is 0 Å². The molecule has 0 aromatic rings. The van der Waals surface area contributed by atoms with Crippen LogP contribution in [-0.4, -0.2) is 38.0 Å². The molecule has 3 nitrogen and oxygen atoms in total. The molecule has 1 atom stereocenters. The van der Waals surface area contributed by atoms with Crippen LogP contribution < -0.4 is 5.32 Å². The molecule has 0 amide bonds. The molecule has 0 heterocycles. The zero-order chi connectivity index (χ0) is 10.8. The maximum Gasteiger partial charge on any atom is 0.0717 e. The lowest BCUT2D eigenvalue weighted by molar-refractivity contribution is 0.107. The maximum absolute atomic E-state index is 8.86. The Bertz CT molecular complexity index is 195. The summed E-state index contributed by atoms with van der Waals surface area (Å²) in [4.78, 5) is 0. The van der Waals surface area contributed by atoms with E-state index in [1.807, 2.05) is 6.08 Å². The Labute approximate surface area is 85.8 Å². The largest absolute Gasteiger partial charge is 0.395 e. The third-order valence-electron chi connectivity index (χ3n) is 1.81. The molecule has 0 aliphatic carbocycles. The molecule has 0 aliphatic rings. The number of ether oxygens (including phenoxy) is 1. The van der Waals surface area contributed by atoms with Crippen molar-refractivity contribution in [3.05, 3.63) is 37.0 Å². The van der Waals surface area contributed by atoms with E-state index in [-0.39, 0.29) is 12.6 Å². The highest BCUT2D eigenvalue weighted by Gasteiger charge is 2.03. The summed E-state index contributed by atoms with van der Waals surface area (Å²) in [6, 6.07) is -0.00945. The SMILES string of the molecule is C=C/C=C(\C=C)COCC(CO)NC. The van der Waals surface area contributed by atoms with Gasteiger partial charge in [-0.05, 0) is 12.6 Å². The molecule has 0 spiro atoms. The fraction of sp³-hybridized carbons (Fsp3) is 0.455. The lowest BCUT2D eigenvalue weighted by Crippen LogP contribution is -2.33. The van der Waals surface area contributed by atoms with Gasteiger partial charge in [-0.25, -0.2) is 0 Å². The third-order valence-corrected chi connectivity index (χ3v) is 1.81. The monoisotopic (exact) mass is 197 g/mol. The highest BCUT2D eigenvalue weighted by molar-refractivity contribution is 5.21. The highest BCUT2D eigenvalue weighted by Crippen LogP contribution is 1.97. The van der Waals surface area contributed by atoms with E-state index in [2.05, 4.69) is 18.5 Å². The van der Waals surface area contributed by atoms with Crippen molar-refractivity contribution in [2.75, 3.05) is 26.9 Å². The molecule has 1 unspecified atom stereocenters. The maximum atomic E-state index is 8.86. The number of likely N-dealkylation sites (N-methyl/N-ethyl adjacent to an activating group) is 1. The average molecular weight is 197 g/mol. The van der Waals surface area contributed by atoms with Crippen molar-refractivity contribution < 1.29 is 9.84 Å². The third kappa shape index (κ3) is 5.70. The van der Waals surface area contributed by atoms with Crippen LogP contribution in [0.15, 0.2) is 37.0 Å². The van der Waals surface area contributed by atoms with Crippen molar-refractivity contribution in [3.63, 3.8) is 0 Å². The minimum absolute atomic E-state index is 0.00945. The second kappa shape index (κ2) is 8.69. The van der Waals surface area contributed by atoms with Crippen molar-refractivity contribution in [3.8, 4) is 0 Å². The molecule has 3 heteroatoms. The van der Waals surface area contributed by atoms with Gasteiger partial charge in [-0.15, -0.1) is 0 Å². The normalized spacial score (nSPS) is 13.7. The molecule has 0 rings (SSSR count). The Kier molecular flexibility index (Phi) is 8.13. The van der Waals surface area contributed by atoms with E-state index < -0.39 is 0 Å². The summed E-state index contributed by atoms with van der Waals surface area (Å²) in [7, 11) is 1.79. The van der Waals surface area contributed by atoms with E-state index in [4.69, 9.17) is 9.84 Å². The number of hydrogen-bond donors (Lipinski definition) is 2. The van der Waals surface area contributed by atoms with E-state index in [0.29, 0.717) is 13.2 Å². The zero-order valence-electron chi connectivity index (χ0n) is 8.70. The number of allylic oxidation sites excluding steroid dienone is 2. The van der Waals surface area contributed by atoms with Crippen LogP contribution in [0, 0.1) is 0 Å². The predicted molar refractivity (Wildman–Crippen MR) is 59.2 cm³/mol. The Morgan fingerprint density at radius 2 is 2.29 bits per heavy atom. The summed E-state index contributed by atoms with van der Waals surface area (Å²) in [5.41, 5.74) is 0.979. The van der Waals surface area contributed by atoms with Crippen molar-refractivity contribution in [1.82, 2.24) is 5.32 Å². The molecule has 0 aromatic carbocycles. The van der Waals surface area contributed by atoms with Gasteiger partial charge >= 0.3 is 0 Å². The first-order valence-electron chi connectivity index (χ1n) is 4.58. The Morgan fingerprint density at radius 3 is 2.71 bits per heavy atom. The van der Waals surface area contributed by atoms with Gasteiger partial charge in [0.1, 0.15) is 0 Å². The summed E-state index contributed by atoms with van der Waals surface area (Å²) < 4.78 is 5.37. The second-order valence-corrected chi connectivity index (χ2v) is 2.86. The number of nitrogens with one attached hydrogen (secondary N) is 1. The minimum Gasteiger partial charge on any atom is -0.395 e. The Hall–Kier alpha value is -0.900. The van der Waals surface area contributed by atoms with Crippen molar-refractivity contribution in [1.29, 1.82) is 0 Å². The lowest BCUT2D eigenvalue weighted by Gasteiger charge is -2.13. The zero-order valence-corrected chi connectivity index (χ0v) is 8.70. The topological polar surface area (TPSA) is 41.5 Å². The van der Waals surface area contributed by atoms with E-state index in [1.54, 1.807) is 19.2 Å². The van der Waals surface area contributed by atoms with Gasteiger partial charge < -0.3 is 15.2 Å². The van der Waals surface area contributed by atoms with E-state index in [1.165, 1.54) is 0 Å². The molecule has 0 radical (unpaired) electrons. The predicted octanol–water partition coefficient (Wildman–Crippen LogP) is 0.882. The average Bonchev–Trinajstić information content (AvgIpc) is 2.23. The van der Waals surface area contributed by atoms with Crippen LogP contribution in [0.5, 0.6) is 0 Å². The van der Waals surface area contributed by atoms with Gasteiger partial charge in [-0.1, -0.05) is 31.4 Å². The molecule has 0 aromatic heterocycles. The van der Waals surface area contributed by atoms with Crippen molar-refractivity contribution in [2.24, 2.45) is 0 Å². The lowest BCUT2D eigenvalue weighted by atomic mass is 10.2. The molecular weight excluding hydrogens is 178 g/mol. The second-order valence-electron chi connectivity index (χ2n) is 2.86.